The summed E-state index contributed by atoms with van der Waals surface area (Å²) >= 11 is 1.58. The minimum atomic E-state index is -2.46. The van der Waals surface area contributed by atoms with Crippen molar-refractivity contribution in [3.8, 4) is 0 Å². The van der Waals surface area contributed by atoms with Crippen molar-refractivity contribution in [2.75, 3.05) is 12.0 Å². The third kappa shape index (κ3) is 6.49. The van der Waals surface area contributed by atoms with E-state index in [2.05, 4.69) is 0 Å². The van der Waals surface area contributed by atoms with Crippen LogP contribution in [0.4, 0.5) is 0 Å². The number of esters is 4. The summed E-state index contributed by atoms with van der Waals surface area (Å²) in [6.45, 7) is 8.85. The molecule has 4 rings (SSSR count). The van der Waals surface area contributed by atoms with Gasteiger partial charge in [0, 0.05) is 25.3 Å². The summed E-state index contributed by atoms with van der Waals surface area (Å²) in [6, 6.07) is 9.11. The van der Waals surface area contributed by atoms with Gasteiger partial charge >= 0.3 is 23.9 Å². The summed E-state index contributed by atoms with van der Waals surface area (Å²) in [4.78, 5) is 52.3. The molecule has 2 N–H and O–H groups in total. The number of fused-ring (bicyclic) bond motifs is 3. The molecule has 1 saturated heterocycles. The second-order valence-electron chi connectivity index (χ2n) is 12.5. The van der Waals surface area contributed by atoms with E-state index >= 15 is 0 Å². The maximum absolute atomic E-state index is 13.3. The molecule has 11 nitrogen and oxygen atoms in total. The average Bonchev–Trinajstić information content (AvgIpc) is 3.33. The summed E-state index contributed by atoms with van der Waals surface area (Å²) in [7, 11) is 0. The van der Waals surface area contributed by atoms with Gasteiger partial charge in [-0.3, -0.25) is 9.59 Å². The first-order chi connectivity index (χ1) is 21.6. The number of benzene rings is 1. The molecule has 0 bridgehead atoms. The van der Waals surface area contributed by atoms with Crippen LogP contribution in [0.2, 0.25) is 0 Å². The minimum Gasteiger partial charge on any atom is -0.459 e. The van der Waals surface area contributed by atoms with Crippen LogP contribution in [0, 0.1) is 5.92 Å². The number of allylic oxidation sites excluding steroid dienone is 1. The topological polar surface area (TPSA) is 155 Å². The van der Waals surface area contributed by atoms with Gasteiger partial charge in [0.1, 0.15) is 5.60 Å². The zero-order valence-corrected chi connectivity index (χ0v) is 28.2. The van der Waals surface area contributed by atoms with Crippen molar-refractivity contribution in [2.24, 2.45) is 5.92 Å². The number of aliphatic hydroxyl groups is 2. The summed E-state index contributed by atoms with van der Waals surface area (Å²) in [5, 5.41) is 24.1. The van der Waals surface area contributed by atoms with E-state index in [0.29, 0.717) is 17.6 Å². The zero-order valence-electron chi connectivity index (χ0n) is 27.4. The Hall–Kier alpha value is -3.19. The molecule has 1 aromatic rings. The fraction of sp³-hybridized carbons (Fsp3) is 0.588. The Morgan fingerprint density at radius 2 is 1.78 bits per heavy atom. The first kappa shape index (κ1) is 35.7. The second-order valence-corrected chi connectivity index (χ2v) is 13.5. The zero-order chi connectivity index (χ0) is 34.0. The van der Waals surface area contributed by atoms with Crippen LogP contribution in [0.25, 0.3) is 0 Å². The molecule has 0 radical (unpaired) electrons. The molecule has 0 spiro atoms. The van der Waals surface area contributed by atoms with Gasteiger partial charge in [0.15, 0.2) is 29.5 Å². The summed E-state index contributed by atoms with van der Waals surface area (Å²) in [6.07, 6.45) is -1.38. The monoisotopic (exact) mass is 660 g/mol. The van der Waals surface area contributed by atoms with Crippen LogP contribution >= 0.6 is 11.8 Å². The fourth-order valence-electron chi connectivity index (χ4n) is 6.79. The van der Waals surface area contributed by atoms with Crippen molar-refractivity contribution in [2.45, 2.75) is 109 Å². The van der Waals surface area contributed by atoms with Crippen LogP contribution in [-0.4, -0.2) is 87.3 Å². The minimum absolute atomic E-state index is 0.0135. The molecule has 0 amide bonds. The molecule has 1 aliphatic heterocycles. The molecule has 2 fully saturated rings. The number of ether oxygens (including phenoxy) is 5. The van der Waals surface area contributed by atoms with E-state index in [-0.39, 0.29) is 25.0 Å². The fourth-order valence-corrected chi connectivity index (χ4v) is 7.22. The number of hydrogen-bond donors (Lipinski definition) is 2. The normalized spacial score (nSPS) is 33.9. The van der Waals surface area contributed by atoms with Gasteiger partial charge in [0.2, 0.25) is 0 Å². The van der Waals surface area contributed by atoms with Gasteiger partial charge in [-0.15, -0.1) is 0 Å². The number of rotatable bonds is 11. The van der Waals surface area contributed by atoms with Gasteiger partial charge in [0.05, 0.1) is 18.6 Å². The van der Waals surface area contributed by atoms with E-state index in [1.54, 1.807) is 45.5 Å². The van der Waals surface area contributed by atoms with Crippen molar-refractivity contribution < 1.29 is 53.1 Å². The van der Waals surface area contributed by atoms with E-state index in [1.807, 2.05) is 36.6 Å². The lowest BCUT2D eigenvalue weighted by Gasteiger charge is -2.42. The highest BCUT2D eigenvalue weighted by Crippen LogP contribution is 2.57. The van der Waals surface area contributed by atoms with E-state index in [9.17, 15) is 29.4 Å². The molecule has 2 aliphatic carbocycles. The van der Waals surface area contributed by atoms with Gasteiger partial charge in [-0.25, -0.2) is 9.59 Å². The van der Waals surface area contributed by atoms with Crippen LogP contribution < -0.4 is 0 Å². The molecule has 3 aliphatic rings. The summed E-state index contributed by atoms with van der Waals surface area (Å²) < 4.78 is 30.1. The lowest BCUT2D eigenvalue weighted by Crippen LogP contribution is -2.64. The van der Waals surface area contributed by atoms with Crippen LogP contribution in [0.3, 0.4) is 0 Å². The maximum Gasteiger partial charge on any atom is 0.341 e. The summed E-state index contributed by atoms with van der Waals surface area (Å²) in [5.74, 6) is -3.33. The van der Waals surface area contributed by atoms with Gasteiger partial charge < -0.3 is 33.9 Å². The van der Waals surface area contributed by atoms with Crippen LogP contribution in [0.1, 0.15) is 66.4 Å². The molecular formula is C34H44O11S. The molecule has 0 aromatic heterocycles. The lowest BCUT2D eigenvalue weighted by molar-refractivity contribution is -0.213. The molecule has 1 heterocycles. The van der Waals surface area contributed by atoms with Gasteiger partial charge in [-0.05, 0) is 69.8 Å². The van der Waals surface area contributed by atoms with Crippen molar-refractivity contribution in [3.63, 3.8) is 0 Å². The Labute approximate surface area is 273 Å². The number of carbonyl (C=O) groups excluding carboxylic acids is 4. The maximum atomic E-state index is 13.3. The molecule has 252 valence electrons. The van der Waals surface area contributed by atoms with Crippen LogP contribution in [-0.2, 0) is 49.5 Å². The first-order valence-corrected chi connectivity index (χ1v) is 16.8. The molecule has 1 saturated carbocycles. The van der Waals surface area contributed by atoms with Crippen molar-refractivity contribution >= 4 is 35.6 Å². The van der Waals surface area contributed by atoms with E-state index in [4.69, 9.17) is 23.7 Å². The average molecular weight is 661 g/mol. The van der Waals surface area contributed by atoms with Gasteiger partial charge in [-0.1, -0.05) is 36.4 Å². The van der Waals surface area contributed by atoms with E-state index in [1.165, 1.54) is 6.92 Å². The Morgan fingerprint density at radius 3 is 2.39 bits per heavy atom. The van der Waals surface area contributed by atoms with Crippen molar-refractivity contribution in [1.29, 1.82) is 0 Å². The van der Waals surface area contributed by atoms with Gasteiger partial charge in [0.25, 0.3) is 0 Å². The molecule has 8 atom stereocenters. The van der Waals surface area contributed by atoms with Crippen molar-refractivity contribution in [3.05, 3.63) is 58.7 Å². The van der Waals surface area contributed by atoms with E-state index < -0.39 is 71.0 Å². The molecule has 1 aromatic carbocycles. The van der Waals surface area contributed by atoms with Crippen LogP contribution in [0.5, 0.6) is 0 Å². The predicted molar refractivity (Wildman–Crippen MR) is 168 cm³/mol. The second kappa shape index (κ2) is 13.9. The van der Waals surface area contributed by atoms with Crippen LogP contribution in [0.15, 0.2) is 53.1 Å². The quantitative estimate of drug-likeness (QED) is 0.117. The number of hydrogen-bond acceptors (Lipinski definition) is 12. The highest BCUT2D eigenvalue weighted by molar-refractivity contribution is 7.98. The Morgan fingerprint density at radius 1 is 1.11 bits per heavy atom. The lowest BCUT2D eigenvalue weighted by atomic mass is 9.75. The third-order valence-electron chi connectivity index (χ3n) is 9.32. The Balaban J connectivity index is 1.90. The standard InChI is InChI=1S/C34H44O11S/c1-8-19(2)30(37)43-27-20(3)25-26(28(27)42-24(36)15-12-16-46-7)32(5,45-21(4)35)17-23(41-18-22-13-10-9-11-14-22)34(40)29(25)44-31(38)33(34,6)39/h8-11,13-14,23,26-29,39-40H,12,15-18H2,1-7H3/b19-8-/t23?,26-,27+,28+,29+,32+,33-,34-/m1/s1. The van der Waals surface area contributed by atoms with Crippen molar-refractivity contribution in [1.82, 2.24) is 0 Å². The molecule has 1 unspecified atom stereocenters. The molecule has 46 heavy (non-hydrogen) atoms. The van der Waals surface area contributed by atoms with Gasteiger partial charge in [-0.2, -0.15) is 11.8 Å². The molecular weight excluding hydrogens is 616 g/mol. The van der Waals surface area contributed by atoms with E-state index in [0.717, 1.165) is 18.2 Å². The Kier molecular flexibility index (Phi) is 10.8. The largest absolute Gasteiger partial charge is 0.459 e. The SMILES string of the molecule is C/C=C(/C)C(=O)O[C@H]1C(C)=C2[C@H]([C@@H]1OC(=O)CCCSC)[C@@](C)(OC(C)=O)CC(OCc1ccccc1)[C@@]1(O)[C@H]2OC(=O)[C@@]1(C)O. The predicted octanol–water partition coefficient (Wildman–Crippen LogP) is 3.58. The Bertz CT molecular complexity index is 1400. The third-order valence-corrected chi connectivity index (χ3v) is 10.0. The number of thioether (sulfide) groups is 1. The highest BCUT2D eigenvalue weighted by atomic mass is 32.2. The number of carbonyl (C=O) groups is 4. The first-order valence-electron chi connectivity index (χ1n) is 15.4. The highest BCUT2D eigenvalue weighted by Gasteiger charge is 2.75. The smallest absolute Gasteiger partial charge is 0.341 e. The summed E-state index contributed by atoms with van der Waals surface area (Å²) in [5.41, 5.74) is -4.80. The molecule has 12 heteroatoms.